The largest absolute Gasteiger partial charge is 0.508 e. The highest BCUT2D eigenvalue weighted by molar-refractivity contribution is 6.03. The summed E-state index contributed by atoms with van der Waals surface area (Å²) in [5.41, 5.74) is 2.37. The molecule has 1 aliphatic heterocycles. The fraction of sp³-hybridized carbons (Fsp3) is 0.611. The Bertz CT molecular complexity index is 537. The summed E-state index contributed by atoms with van der Waals surface area (Å²) in [6.45, 7) is 9.13. The van der Waals surface area contributed by atoms with Crippen LogP contribution in [0, 0.1) is 0 Å². The van der Waals surface area contributed by atoms with Crippen molar-refractivity contribution in [2.45, 2.75) is 26.7 Å². The molecular formula is C18H29N3O2. The van der Waals surface area contributed by atoms with E-state index in [2.05, 4.69) is 29.1 Å². The maximum Gasteiger partial charge on any atom is 0.178 e. The Morgan fingerprint density at radius 1 is 1.22 bits per heavy atom. The molecule has 5 heteroatoms. The minimum atomic E-state index is 0.128. The van der Waals surface area contributed by atoms with E-state index in [1.165, 1.54) is 0 Å². The smallest absolute Gasteiger partial charge is 0.178 e. The number of hydrogen-bond acceptors (Lipinski definition) is 5. The molecule has 1 saturated heterocycles. The lowest BCUT2D eigenvalue weighted by Crippen LogP contribution is -2.46. The molecule has 0 saturated carbocycles. The van der Waals surface area contributed by atoms with Crippen LogP contribution in [0.25, 0.3) is 0 Å². The number of nitrogens with one attached hydrogen (secondary N) is 1. The van der Waals surface area contributed by atoms with Crippen molar-refractivity contribution in [3.8, 4) is 5.75 Å². The van der Waals surface area contributed by atoms with Gasteiger partial charge in [-0.1, -0.05) is 13.3 Å². The molecule has 0 radical (unpaired) electrons. The Kier molecular flexibility index (Phi) is 6.42. The molecule has 0 spiro atoms. The molecule has 0 unspecified atom stereocenters. The Hall–Kier alpha value is -1.59. The van der Waals surface area contributed by atoms with E-state index in [0.717, 1.165) is 56.8 Å². The number of nitrogens with zero attached hydrogens (tertiary/aromatic N) is 2. The number of carbonyl (C=O) groups is 1. The van der Waals surface area contributed by atoms with Crippen molar-refractivity contribution in [3.05, 3.63) is 23.3 Å². The predicted octanol–water partition coefficient (Wildman–Crippen LogP) is 2.21. The van der Waals surface area contributed by atoms with Gasteiger partial charge < -0.3 is 15.3 Å². The zero-order chi connectivity index (χ0) is 16.8. The van der Waals surface area contributed by atoms with Crippen LogP contribution in [0.3, 0.4) is 0 Å². The first kappa shape index (κ1) is 17.8. The van der Waals surface area contributed by atoms with Gasteiger partial charge in [0.05, 0.1) is 12.2 Å². The minimum Gasteiger partial charge on any atom is -0.508 e. The van der Waals surface area contributed by atoms with Gasteiger partial charge in [0, 0.05) is 43.9 Å². The SMILES string of the molecule is CCCc1c(O)ccc(C(=O)CN2CCN(C)CC2)c1NCC. The van der Waals surface area contributed by atoms with Gasteiger partial charge in [-0.25, -0.2) is 0 Å². The van der Waals surface area contributed by atoms with E-state index in [0.29, 0.717) is 12.1 Å². The van der Waals surface area contributed by atoms with Crippen molar-refractivity contribution in [2.75, 3.05) is 51.6 Å². The van der Waals surface area contributed by atoms with E-state index in [1.54, 1.807) is 12.1 Å². The molecule has 1 aromatic rings. The molecule has 2 N–H and O–H groups in total. The van der Waals surface area contributed by atoms with Gasteiger partial charge in [-0.15, -0.1) is 0 Å². The Morgan fingerprint density at radius 3 is 2.52 bits per heavy atom. The van der Waals surface area contributed by atoms with Crippen LogP contribution in [-0.2, 0) is 6.42 Å². The number of ketones is 1. The summed E-state index contributed by atoms with van der Waals surface area (Å²) >= 11 is 0. The van der Waals surface area contributed by atoms with E-state index in [4.69, 9.17) is 0 Å². The van der Waals surface area contributed by atoms with Crippen LogP contribution in [0.5, 0.6) is 5.75 Å². The van der Waals surface area contributed by atoms with Crippen LogP contribution in [0.4, 0.5) is 5.69 Å². The number of phenolic OH excluding ortho intramolecular Hbond substituents is 1. The van der Waals surface area contributed by atoms with Gasteiger partial charge in [0.1, 0.15) is 5.75 Å². The average Bonchev–Trinajstić information content (AvgIpc) is 2.53. The predicted molar refractivity (Wildman–Crippen MR) is 94.5 cm³/mol. The molecule has 1 aromatic carbocycles. The summed E-state index contributed by atoms with van der Waals surface area (Å²) < 4.78 is 0. The van der Waals surface area contributed by atoms with Crippen LogP contribution < -0.4 is 5.32 Å². The number of aromatic hydroxyl groups is 1. The molecule has 1 fully saturated rings. The highest BCUT2D eigenvalue weighted by Crippen LogP contribution is 2.31. The van der Waals surface area contributed by atoms with Gasteiger partial charge in [-0.2, -0.15) is 0 Å². The third-order valence-electron chi connectivity index (χ3n) is 4.41. The zero-order valence-corrected chi connectivity index (χ0v) is 14.6. The van der Waals surface area contributed by atoms with Gasteiger partial charge in [-0.3, -0.25) is 9.69 Å². The number of carbonyl (C=O) groups excluding carboxylic acids is 1. The molecule has 1 aliphatic rings. The highest BCUT2D eigenvalue weighted by Gasteiger charge is 2.21. The molecule has 0 aliphatic carbocycles. The number of phenols is 1. The van der Waals surface area contributed by atoms with Crippen LogP contribution in [-0.4, -0.2) is 67.0 Å². The fourth-order valence-corrected chi connectivity index (χ4v) is 3.05. The van der Waals surface area contributed by atoms with Crippen molar-refractivity contribution < 1.29 is 9.90 Å². The van der Waals surface area contributed by atoms with Crippen molar-refractivity contribution in [1.82, 2.24) is 9.80 Å². The van der Waals surface area contributed by atoms with E-state index in [-0.39, 0.29) is 11.5 Å². The molecule has 0 atom stereocenters. The van der Waals surface area contributed by atoms with Crippen molar-refractivity contribution in [3.63, 3.8) is 0 Å². The number of Topliss-reactive ketones (excluding diaryl/α,β-unsaturated/α-hetero) is 1. The Morgan fingerprint density at radius 2 is 1.91 bits per heavy atom. The summed E-state index contributed by atoms with van der Waals surface area (Å²) in [5.74, 6) is 0.404. The number of anilines is 1. The number of rotatable bonds is 7. The third-order valence-corrected chi connectivity index (χ3v) is 4.41. The molecule has 0 bridgehead atoms. The van der Waals surface area contributed by atoms with Crippen molar-refractivity contribution in [2.24, 2.45) is 0 Å². The normalized spacial score (nSPS) is 16.5. The van der Waals surface area contributed by atoms with E-state index in [9.17, 15) is 9.90 Å². The second kappa shape index (κ2) is 8.31. The molecule has 5 nitrogen and oxygen atoms in total. The highest BCUT2D eigenvalue weighted by atomic mass is 16.3. The number of likely N-dealkylation sites (N-methyl/N-ethyl adjacent to an activating group) is 1. The first-order valence-electron chi connectivity index (χ1n) is 8.59. The van der Waals surface area contributed by atoms with Gasteiger partial charge in [0.25, 0.3) is 0 Å². The molecule has 0 aromatic heterocycles. The molecule has 128 valence electrons. The van der Waals surface area contributed by atoms with Gasteiger partial charge in [-0.05, 0) is 32.5 Å². The van der Waals surface area contributed by atoms with Crippen molar-refractivity contribution in [1.29, 1.82) is 0 Å². The number of piperazine rings is 1. The molecule has 1 heterocycles. The topological polar surface area (TPSA) is 55.8 Å². The molecule has 0 amide bonds. The van der Waals surface area contributed by atoms with Crippen LogP contribution in [0.2, 0.25) is 0 Å². The second-order valence-corrected chi connectivity index (χ2v) is 6.27. The van der Waals surface area contributed by atoms with E-state index < -0.39 is 0 Å². The Labute approximate surface area is 139 Å². The lowest BCUT2D eigenvalue weighted by molar-refractivity contribution is 0.0877. The standard InChI is InChI=1S/C18H29N3O2/c1-4-6-14-16(22)8-7-15(18(14)19-5-2)17(23)13-21-11-9-20(3)10-12-21/h7-8,19,22H,4-6,9-13H2,1-3H3. The first-order valence-corrected chi connectivity index (χ1v) is 8.59. The summed E-state index contributed by atoms with van der Waals surface area (Å²) in [7, 11) is 2.11. The third kappa shape index (κ3) is 4.45. The summed E-state index contributed by atoms with van der Waals surface area (Å²) in [6, 6.07) is 3.41. The van der Waals surface area contributed by atoms with Gasteiger partial charge >= 0.3 is 0 Å². The number of benzene rings is 1. The zero-order valence-electron chi connectivity index (χ0n) is 14.6. The maximum atomic E-state index is 12.8. The summed E-state index contributed by atoms with van der Waals surface area (Å²) in [5, 5.41) is 13.4. The van der Waals surface area contributed by atoms with Crippen LogP contribution in [0.15, 0.2) is 12.1 Å². The average molecular weight is 319 g/mol. The number of hydrogen-bond donors (Lipinski definition) is 2. The summed E-state index contributed by atoms with van der Waals surface area (Å²) in [4.78, 5) is 17.3. The lowest BCUT2D eigenvalue weighted by atomic mass is 9.98. The summed E-state index contributed by atoms with van der Waals surface area (Å²) in [6.07, 6.45) is 1.70. The molecular weight excluding hydrogens is 290 g/mol. The van der Waals surface area contributed by atoms with Crippen LogP contribution in [0.1, 0.15) is 36.2 Å². The Balaban J connectivity index is 2.19. The lowest BCUT2D eigenvalue weighted by Gasteiger charge is -2.32. The fourth-order valence-electron chi connectivity index (χ4n) is 3.05. The van der Waals surface area contributed by atoms with Gasteiger partial charge in [0.2, 0.25) is 0 Å². The minimum absolute atomic E-state index is 0.128. The van der Waals surface area contributed by atoms with Crippen molar-refractivity contribution >= 4 is 11.5 Å². The maximum absolute atomic E-state index is 12.8. The quantitative estimate of drug-likeness (QED) is 0.755. The van der Waals surface area contributed by atoms with Gasteiger partial charge in [0.15, 0.2) is 5.78 Å². The monoisotopic (exact) mass is 319 g/mol. The molecule has 2 rings (SSSR count). The van der Waals surface area contributed by atoms with E-state index in [1.807, 2.05) is 6.92 Å². The first-order chi connectivity index (χ1) is 11.1. The molecule has 23 heavy (non-hydrogen) atoms. The van der Waals surface area contributed by atoms with E-state index >= 15 is 0 Å². The van der Waals surface area contributed by atoms with Crippen LogP contribution >= 0.6 is 0 Å². The second-order valence-electron chi connectivity index (χ2n) is 6.27.